The number of H-pyrrole nitrogens is 1. The highest BCUT2D eigenvalue weighted by Crippen LogP contribution is 2.27. The number of nitrogens with zero attached hydrogens (tertiary/aromatic N) is 4. The number of primary amides is 1. The Morgan fingerprint density at radius 1 is 1.41 bits per heavy atom. The molecule has 4 rings (SSSR count). The summed E-state index contributed by atoms with van der Waals surface area (Å²) < 4.78 is 27.0. The molecule has 1 aliphatic rings. The van der Waals surface area contributed by atoms with Crippen LogP contribution in [0.1, 0.15) is 30.1 Å². The van der Waals surface area contributed by atoms with E-state index in [4.69, 9.17) is 15.2 Å². The summed E-state index contributed by atoms with van der Waals surface area (Å²) in [6.45, 7) is 2.07. The summed E-state index contributed by atoms with van der Waals surface area (Å²) in [5.74, 6) is -2.22. The molecule has 11 heteroatoms. The lowest BCUT2D eigenvalue weighted by Crippen LogP contribution is -2.23. The largest absolute Gasteiger partial charge is 0.476 e. The van der Waals surface area contributed by atoms with Crippen LogP contribution in [-0.4, -0.2) is 43.1 Å². The van der Waals surface area contributed by atoms with Crippen molar-refractivity contribution in [3.05, 3.63) is 34.3 Å². The van der Waals surface area contributed by atoms with Crippen LogP contribution in [0, 0.1) is 5.82 Å². The van der Waals surface area contributed by atoms with Crippen molar-refractivity contribution in [2.24, 2.45) is 5.73 Å². The fourth-order valence-electron chi connectivity index (χ4n) is 2.90. The molecule has 0 saturated carbocycles. The molecule has 0 radical (unpaired) electrons. The number of aromatic amines is 1. The van der Waals surface area contributed by atoms with Crippen molar-refractivity contribution in [2.45, 2.75) is 25.9 Å². The van der Waals surface area contributed by atoms with Crippen molar-refractivity contribution in [2.75, 3.05) is 6.61 Å². The number of fused-ring (bicyclic) bond motifs is 3. The zero-order valence-corrected chi connectivity index (χ0v) is 14.2. The maximum atomic E-state index is 14.7. The predicted molar refractivity (Wildman–Crippen MR) is 90.6 cm³/mol. The molecule has 1 aliphatic heterocycles. The monoisotopic (exact) mass is 374 g/mol. The first-order valence-electron chi connectivity index (χ1n) is 8.21. The predicted octanol–water partition coefficient (Wildman–Crippen LogP) is 0.682. The van der Waals surface area contributed by atoms with E-state index in [0.29, 0.717) is 19.4 Å². The Bertz CT molecular complexity index is 1110. The molecule has 10 nitrogen and oxygen atoms in total. The molecule has 3 N–H and O–H groups in total. The first-order chi connectivity index (χ1) is 13.0. The van der Waals surface area contributed by atoms with E-state index in [0.717, 1.165) is 10.6 Å². The maximum absolute atomic E-state index is 14.7. The molecule has 3 aromatic heterocycles. The van der Waals surface area contributed by atoms with E-state index in [1.54, 1.807) is 6.92 Å². The first-order valence-corrected chi connectivity index (χ1v) is 8.21. The third-order valence-corrected chi connectivity index (χ3v) is 4.15. The number of amides is 1. The topological polar surface area (TPSA) is 138 Å². The van der Waals surface area contributed by atoms with E-state index in [9.17, 15) is 14.0 Å². The van der Waals surface area contributed by atoms with Crippen LogP contribution in [0.5, 0.6) is 11.8 Å². The van der Waals surface area contributed by atoms with Gasteiger partial charge in [0.2, 0.25) is 11.8 Å². The van der Waals surface area contributed by atoms with Crippen LogP contribution < -0.4 is 20.9 Å². The number of imidazole rings is 1. The summed E-state index contributed by atoms with van der Waals surface area (Å²) in [7, 11) is 0. The summed E-state index contributed by atoms with van der Waals surface area (Å²) >= 11 is 0. The van der Waals surface area contributed by atoms with Crippen LogP contribution in [0.15, 0.2) is 17.2 Å². The van der Waals surface area contributed by atoms with Gasteiger partial charge in [0.25, 0.3) is 5.91 Å². The Morgan fingerprint density at radius 2 is 2.22 bits per heavy atom. The van der Waals surface area contributed by atoms with Gasteiger partial charge in [-0.2, -0.15) is 9.97 Å². The second kappa shape index (κ2) is 6.34. The van der Waals surface area contributed by atoms with Crippen LogP contribution in [0.2, 0.25) is 0 Å². The summed E-state index contributed by atoms with van der Waals surface area (Å²) in [5.41, 5.74) is 4.72. The zero-order chi connectivity index (χ0) is 19.1. The number of ether oxygens (including phenoxy) is 2. The standard InChI is InChI=1S/C16H15FN6O4/c1-7-3-2-4-26-15-10-12(19-6-20-15)21-16(25)23(10)13-9(17)5-8(11(18)24)14(22-13)27-7/h5-7H,2-4H2,1H3,(H2,18,24)(H,19,20,21,25)/t7-/m0/s1. The Kier molecular flexibility index (Phi) is 3.98. The van der Waals surface area contributed by atoms with Gasteiger partial charge >= 0.3 is 5.69 Å². The highest BCUT2D eigenvalue weighted by atomic mass is 19.1. The van der Waals surface area contributed by atoms with Gasteiger partial charge in [-0.1, -0.05) is 0 Å². The van der Waals surface area contributed by atoms with Gasteiger partial charge in [0.05, 0.1) is 12.7 Å². The summed E-state index contributed by atoms with van der Waals surface area (Å²) in [5, 5.41) is 0. The fourth-order valence-corrected chi connectivity index (χ4v) is 2.90. The number of aromatic nitrogens is 5. The van der Waals surface area contributed by atoms with Crippen LogP contribution in [0.25, 0.3) is 17.0 Å². The summed E-state index contributed by atoms with van der Waals surface area (Å²) in [4.78, 5) is 38.7. The van der Waals surface area contributed by atoms with Crippen LogP contribution in [0.4, 0.5) is 4.39 Å². The SMILES string of the molecule is C[C@H]1CCCOc2ncnc3[nH]c(=O)n(c23)-c2nc(c(C(N)=O)cc2F)O1. The lowest BCUT2D eigenvalue weighted by molar-refractivity contribution is 0.0990. The minimum atomic E-state index is -0.932. The number of rotatable bonds is 1. The second-order valence-corrected chi connectivity index (χ2v) is 6.07. The molecule has 3 aromatic rings. The van der Waals surface area contributed by atoms with Crippen molar-refractivity contribution in [1.82, 2.24) is 24.5 Å². The number of hydrogen-bond donors (Lipinski definition) is 2. The van der Waals surface area contributed by atoms with E-state index in [2.05, 4.69) is 19.9 Å². The third-order valence-electron chi connectivity index (χ3n) is 4.15. The van der Waals surface area contributed by atoms with Crippen molar-refractivity contribution in [1.29, 1.82) is 0 Å². The third kappa shape index (κ3) is 2.86. The number of nitrogens with one attached hydrogen (secondary N) is 1. The molecule has 0 aliphatic carbocycles. The van der Waals surface area contributed by atoms with Gasteiger partial charge in [0.1, 0.15) is 11.9 Å². The minimum Gasteiger partial charge on any atom is -0.476 e. The summed E-state index contributed by atoms with van der Waals surface area (Å²) in [6.07, 6.45) is 2.09. The summed E-state index contributed by atoms with van der Waals surface area (Å²) in [6, 6.07) is 0.897. The molecule has 1 atom stereocenters. The van der Waals surface area contributed by atoms with E-state index in [1.807, 2.05) is 0 Å². The molecular weight excluding hydrogens is 359 g/mol. The van der Waals surface area contributed by atoms with Gasteiger partial charge in [-0.3, -0.25) is 9.78 Å². The molecule has 0 saturated heterocycles. The van der Waals surface area contributed by atoms with Gasteiger partial charge in [-0.15, -0.1) is 0 Å². The molecule has 2 bridgehead atoms. The average Bonchev–Trinajstić information content (AvgIpc) is 2.95. The molecule has 27 heavy (non-hydrogen) atoms. The van der Waals surface area contributed by atoms with Crippen molar-refractivity contribution in [3.8, 4) is 17.6 Å². The van der Waals surface area contributed by atoms with Crippen LogP contribution in [-0.2, 0) is 0 Å². The Labute approximate surface area is 151 Å². The molecule has 0 fully saturated rings. The van der Waals surface area contributed by atoms with Gasteiger partial charge in [0, 0.05) is 0 Å². The number of hydrogen-bond acceptors (Lipinski definition) is 7. The first kappa shape index (κ1) is 16.9. The van der Waals surface area contributed by atoms with Crippen molar-refractivity contribution in [3.63, 3.8) is 0 Å². The average molecular weight is 374 g/mol. The highest BCUT2D eigenvalue weighted by Gasteiger charge is 2.25. The van der Waals surface area contributed by atoms with Crippen molar-refractivity contribution >= 4 is 17.1 Å². The zero-order valence-electron chi connectivity index (χ0n) is 14.2. The molecule has 140 valence electrons. The normalized spacial score (nSPS) is 16.7. The lowest BCUT2D eigenvalue weighted by atomic mass is 10.2. The van der Waals surface area contributed by atoms with Crippen LogP contribution >= 0.6 is 0 Å². The Morgan fingerprint density at radius 3 is 3.00 bits per heavy atom. The quantitative estimate of drug-likeness (QED) is 0.639. The smallest absolute Gasteiger partial charge is 0.333 e. The van der Waals surface area contributed by atoms with Gasteiger partial charge in [0.15, 0.2) is 22.8 Å². The Hall–Kier alpha value is -3.50. The Balaban J connectivity index is 2.06. The van der Waals surface area contributed by atoms with Crippen LogP contribution in [0.3, 0.4) is 0 Å². The number of nitrogens with two attached hydrogens (primary N) is 1. The fraction of sp³-hybridized carbons (Fsp3) is 0.312. The van der Waals surface area contributed by atoms with E-state index in [-0.39, 0.29) is 40.4 Å². The van der Waals surface area contributed by atoms with Gasteiger partial charge in [-0.25, -0.2) is 18.7 Å². The number of carbonyl (C=O) groups excluding carboxylic acids is 1. The number of carbonyl (C=O) groups is 1. The molecule has 0 aromatic carbocycles. The number of halogens is 1. The lowest BCUT2D eigenvalue weighted by Gasteiger charge is -2.18. The molecule has 0 spiro atoms. The van der Waals surface area contributed by atoms with Gasteiger partial charge < -0.3 is 15.2 Å². The van der Waals surface area contributed by atoms with E-state index < -0.39 is 17.4 Å². The molecular formula is C16H15FN6O4. The van der Waals surface area contributed by atoms with E-state index >= 15 is 0 Å². The highest BCUT2D eigenvalue weighted by molar-refractivity contribution is 5.95. The second-order valence-electron chi connectivity index (χ2n) is 6.07. The van der Waals surface area contributed by atoms with E-state index in [1.165, 1.54) is 6.33 Å². The molecule has 4 heterocycles. The molecule has 0 unspecified atom stereocenters. The minimum absolute atomic E-state index is 0.120. The number of pyridine rings is 1. The van der Waals surface area contributed by atoms with Gasteiger partial charge in [-0.05, 0) is 25.8 Å². The maximum Gasteiger partial charge on any atom is 0.333 e. The molecule has 1 amide bonds. The van der Waals surface area contributed by atoms with Crippen molar-refractivity contribution < 1.29 is 18.7 Å².